The third-order valence-corrected chi connectivity index (χ3v) is 13.5. The van der Waals surface area contributed by atoms with Crippen molar-refractivity contribution in [3.8, 4) is 17.1 Å². The maximum atomic E-state index is 14.7. The maximum Gasteiger partial charge on any atom is 0.407 e. The zero-order chi connectivity index (χ0) is 41.1. The second-order valence-corrected chi connectivity index (χ2v) is 20.3. The number of alkyl carbamates (subject to hydrolysis) is 1. The molecule has 7 rings (SSSR count). The minimum Gasteiger partial charge on any atom is -0.471 e. The molecule has 14 nitrogen and oxygen atoms in total. The Labute approximate surface area is 334 Å². The Morgan fingerprint density at radius 3 is 2.58 bits per heavy atom. The van der Waals surface area contributed by atoms with E-state index in [0.29, 0.717) is 43.5 Å². The van der Waals surface area contributed by atoms with Crippen LogP contribution in [-0.4, -0.2) is 89.2 Å². The van der Waals surface area contributed by atoms with Crippen LogP contribution in [0, 0.1) is 22.7 Å². The quantitative estimate of drug-likeness (QED) is 0.352. The van der Waals surface area contributed by atoms with E-state index in [4.69, 9.17) is 19.4 Å². The molecule has 57 heavy (non-hydrogen) atoms. The fourth-order valence-electron chi connectivity index (χ4n) is 7.87. The SMILES string of the molecule is C=C[C@@H]1C[C@]1(NC(=O)[C@@H]1C[C@@H]2CN1C(=O)[C@H](C(C)(C)C)NC(=O)OCC(C)(C)CCc1cccc(c1)-c1nc3c(nc1O2)C=CC(C)C3)C(=O)NS(=O)(=O)C1CC1. The first-order chi connectivity index (χ1) is 26.8. The van der Waals surface area contributed by atoms with E-state index in [2.05, 4.69) is 41.0 Å². The third kappa shape index (κ3) is 8.58. The first-order valence-corrected chi connectivity index (χ1v) is 21.4. The van der Waals surface area contributed by atoms with Gasteiger partial charge in [0, 0.05) is 17.9 Å². The second kappa shape index (κ2) is 14.9. The van der Waals surface area contributed by atoms with E-state index in [-0.39, 0.29) is 37.8 Å². The minimum atomic E-state index is -3.91. The zero-order valence-corrected chi connectivity index (χ0v) is 34.4. The lowest BCUT2D eigenvalue weighted by Gasteiger charge is -2.35. The zero-order valence-electron chi connectivity index (χ0n) is 33.6. The van der Waals surface area contributed by atoms with Crippen LogP contribution in [0.5, 0.6) is 5.88 Å². The van der Waals surface area contributed by atoms with Crippen LogP contribution in [0.2, 0.25) is 0 Å². The number of allylic oxidation sites excluding steroid dienone is 1. The predicted octanol–water partition coefficient (Wildman–Crippen LogP) is 4.48. The van der Waals surface area contributed by atoms with E-state index in [1.54, 1.807) is 20.8 Å². The van der Waals surface area contributed by atoms with Gasteiger partial charge in [0.2, 0.25) is 27.7 Å². The number of amides is 4. The summed E-state index contributed by atoms with van der Waals surface area (Å²) in [4.78, 5) is 67.6. The van der Waals surface area contributed by atoms with Gasteiger partial charge in [0.25, 0.3) is 5.91 Å². The lowest BCUT2D eigenvalue weighted by Crippen LogP contribution is -2.60. The van der Waals surface area contributed by atoms with E-state index in [0.717, 1.165) is 16.8 Å². The highest BCUT2D eigenvalue weighted by Gasteiger charge is 2.62. The van der Waals surface area contributed by atoms with E-state index in [1.807, 2.05) is 38.1 Å². The standard InChI is InChI=1S/C42H54N6O8S/c1-8-27-21-42(27,38(51)47-57(53,54)29-13-14-29)46-35(49)32-20-28-22-48(32)37(50)34(40(3,4)5)45-39(52)55-23-41(6,7)17-16-25-10-9-11-26(19-25)33-36(56-28)44-30-15-12-24(2)18-31(30)43-33/h8-12,15,19,24,27-29,32,34H,1,13-14,16-18,20-23H2,2-7H3,(H,45,52)(H,46,49)(H,47,51)/t24?,27-,28-,32+,34-,42-/m1/s1. The summed E-state index contributed by atoms with van der Waals surface area (Å²) < 4.78 is 40.2. The molecule has 2 aliphatic heterocycles. The number of cyclic esters (lactones) is 1. The van der Waals surface area contributed by atoms with Gasteiger partial charge < -0.3 is 25.0 Å². The summed E-state index contributed by atoms with van der Waals surface area (Å²) >= 11 is 0. The summed E-state index contributed by atoms with van der Waals surface area (Å²) in [5.74, 6) is -2.04. The number of nitrogens with zero attached hydrogens (tertiary/aromatic N) is 3. The van der Waals surface area contributed by atoms with Crippen molar-refractivity contribution in [3.05, 3.63) is 59.9 Å². The van der Waals surface area contributed by atoms with Crippen molar-refractivity contribution in [3.63, 3.8) is 0 Å². The van der Waals surface area contributed by atoms with Crippen molar-refractivity contribution < 1.29 is 37.1 Å². The van der Waals surface area contributed by atoms with Crippen LogP contribution in [-0.2, 0) is 42.0 Å². The number of aromatic nitrogens is 2. The summed E-state index contributed by atoms with van der Waals surface area (Å²) in [5.41, 5.74) is 1.15. The molecule has 2 saturated carbocycles. The Balaban J connectivity index is 1.27. The summed E-state index contributed by atoms with van der Waals surface area (Å²) in [7, 11) is -3.91. The molecule has 1 aromatic carbocycles. The molecule has 1 unspecified atom stereocenters. The largest absolute Gasteiger partial charge is 0.471 e. The van der Waals surface area contributed by atoms with Gasteiger partial charge in [-0.2, -0.15) is 0 Å². The Bertz CT molecular complexity index is 2130. The van der Waals surface area contributed by atoms with Gasteiger partial charge in [0.05, 0.1) is 29.8 Å². The van der Waals surface area contributed by atoms with E-state index >= 15 is 0 Å². The van der Waals surface area contributed by atoms with E-state index in [9.17, 15) is 27.6 Å². The fourth-order valence-corrected chi connectivity index (χ4v) is 9.23. The molecule has 3 aliphatic carbocycles. The lowest BCUT2D eigenvalue weighted by atomic mass is 9.85. The number of aryl methyl sites for hydroxylation is 1. The van der Waals surface area contributed by atoms with Crippen molar-refractivity contribution in [2.45, 2.75) is 115 Å². The normalized spacial score (nSPS) is 28.6. The smallest absolute Gasteiger partial charge is 0.407 e. The van der Waals surface area contributed by atoms with Crippen LogP contribution in [0.15, 0.2) is 43.0 Å². The molecule has 1 saturated heterocycles. The van der Waals surface area contributed by atoms with Crippen molar-refractivity contribution in [1.82, 2.24) is 30.2 Å². The molecule has 1 aromatic heterocycles. The molecular formula is C42H54N6O8S. The molecular weight excluding hydrogens is 749 g/mol. The molecule has 3 fully saturated rings. The number of ether oxygens (including phenoxy) is 2. The van der Waals surface area contributed by atoms with Gasteiger partial charge in [0.15, 0.2) is 0 Å². The lowest BCUT2D eigenvalue weighted by molar-refractivity contribution is -0.142. The molecule has 0 radical (unpaired) electrons. The monoisotopic (exact) mass is 802 g/mol. The molecule has 4 bridgehead atoms. The van der Waals surface area contributed by atoms with Crippen LogP contribution in [0.4, 0.5) is 4.79 Å². The van der Waals surface area contributed by atoms with Crippen LogP contribution in [0.25, 0.3) is 17.3 Å². The molecule has 5 aliphatic rings. The molecule has 3 N–H and O–H groups in total. The fraction of sp³-hybridized carbons (Fsp3) is 0.571. The molecule has 4 amide bonds. The highest BCUT2D eigenvalue weighted by atomic mass is 32.2. The average molecular weight is 803 g/mol. The third-order valence-electron chi connectivity index (χ3n) is 11.7. The maximum absolute atomic E-state index is 14.7. The van der Waals surface area contributed by atoms with Gasteiger partial charge in [-0.3, -0.25) is 19.1 Å². The van der Waals surface area contributed by atoms with Gasteiger partial charge in [-0.15, -0.1) is 6.58 Å². The molecule has 3 heterocycles. The van der Waals surface area contributed by atoms with Crippen molar-refractivity contribution in [2.75, 3.05) is 13.2 Å². The first-order valence-electron chi connectivity index (χ1n) is 19.9. The Hall–Kier alpha value is -4.79. The van der Waals surface area contributed by atoms with Gasteiger partial charge in [-0.25, -0.2) is 23.2 Å². The summed E-state index contributed by atoms with van der Waals surface area (Å²) in [6.45, 7) is 15.4. The van der Waals surface area contributed by atoms with Gasteiger partial charge in [-0.05, 0) is 73.0 Å². The molecule has 6 atom stereocenters. The summed E-state index contributed by atoms with van der Waals surface area (Å²) in [6, 6.07) is 5.75. The molecule has 306 valence electrons. The van der Waals surface area contributed by atoms with Crippen LogP contribution in [0.1, 0.15) is 90.6 Å². The first kappa shape index (κ1) is 40.4. The number of nitrogens with one attached hydrogen (secondary N) is 3. The van der Waals surface area contributed by atoms with Crippen molar-refractivity contribution in [1.29, 1.82) is 0 Å². The summed E-state index contributed by atoms with van der Waals surface area (Å²) in [6.07, 6.45) is 7.18. The molecule has 15 heteroatoms. The number of carbonyl (C=O) groups excluding carboxylic acids is 4. The van der Waals surface area contributed by atoms with E-state index in [1.165, 1.54) is 11.0 Å². The number of hydrogen-bond donors (Lipinski definition) is 3. The van der Waals surface area contributed by atoms with Crippen molar-refractivity contribution in [2.24, 2.45) is 22.7 Å². The van der Waals surface area contributed by atoms with Crippen LogP contribution < -0.4 is 20.1 Å². The molecule has 0 spiro atoms. The number of benzene rings is 1. The highest BCUT2D eigenvalue weighted by molar-refractivity contribution is 7.91. The number of carbonyl (C=O) groups is 4. The van der Waals surface area contributed by atoms with E-state index < -0.39 is 79.6 Å². The Morgan fingerprint density at radius 2 is 1.89 bits per heavy atom. The predicted molar refractivity (Wildman–Crippen MR) is 213 cm³/mol. The highest BCUT2D eigenvalue weighted by Crippen LogP contribution is 2.46. The number of rotatable bonds is 6. The second-order valence-electron chi connectivity index (χ2n) is 18.3. The Morgan fingerprint density at radius 1 is 1.14 bits per heavy atom. The van der Waals surface area contributed by atoms with Crippen LogP contribution >= 0.6 is 0 Å². The number of sulfonamides is 1. The number of hydrogen-bond acceptors (Lipinski definition) is 10. The van der Waals surface area contributed by atoms with Crippen molar-refractivity contribution >= 4 is 39.9 Å². The minimum absolute atomic E-state index is 0.00895. The summed E-state index contributed by atoms with van der Waals surface area (Å²) in [5, 5.41) is 4.97. The van der Waals surface area contributed by atoms with Gasteiger partial charge in [-0.1, -0.05) is 71.9 Å². The molecule has 2 aromatic rings. The van der Waals surface area contributed by atoms with Crippen LogP contribution in [0.3, 0.4) is 0 Å². The van der Waals surface area contributed by atoms with Gasteiger partial charge in [0.1, 0.15) is 29.4 Å². The topological polar surface area (TPSA) is 186 Å². The number of fused-ring (bicyclic) bond motifs is 7. The average Bonchev–Trinajstić information content (AvgIpc) is 4.08. The Kier molecular flexibility index (Phi) is 10.5. The van der Waals surface area contributed by atoms with Gasteiger partial charge >= 0.3 is 6.09 Å².